The number of nitrogens with one attached hydrogen (secondary N) is 2. The van der Waals surface area contributed by atoms with Crippen molar-refractivity contribution in [3.63, 3.8) is 0 Å². The maximum absolute atomic E-state index is 12.5. The zero-order valence-electron chi connectivity index (χ0n) is 19.6. The highest BCUT2D eigenvalue weighted by atomic mass is 32.2. The highest BCUT2D eigenvalue weighted by molar-refractivity contribution is 7.89. The van der Waals surface area contributed by atoms with Gasteiger partial charge in [0.1, 0.15) is 5.75 Å². The van der Waals surface area contributed by atoms with Crippen LogP contribution in [0.3, 0.4) is 0 Å². The molecule has 0 aromatic heterocycles. The Kier molecular flexibility index (Phi) is 9.14. The third-order valence-corrected chi connectivity index (χ3v) is 6.09. The van der Waals surface area contributed by atoms with Gasteiger partial charge in [-0.25, -0.2) is 23.4 Å². The molecule has 2 N–H and O–H groups in total. The topological polar surface area (TPSA) is 132 Å². The first-order valence-electron chi connectivity index (χ1n) is 10.8. The van der Waals surface area contributed by atoms with E-state index in [0.29, 0.717) is 23.5 Å². The molecule has 0 radical (unpaired) electrons. The molecular weight excluding hydrogens is 486 g/mol. The fourth-order valence-corrected chi connectivity index (χ4v) is 3.93. The van der Waals surface area contributed by atoms with Crippen LogP contribution in [0.1, 0.15) is 22.8 Å². The summed E-state index contributed by atoms with van der Waals surface area (Å²) in [5.41, 5.74) is 3.13. The Morgan fingerprint density at radius 2 is 1.69 bits per heavy atom. The SMILES string of the molecule is CCOc1ccc(C(=O)Oc2ccc(C=NNC(=O)CNS(=O)(=O)c3ccccc3)cc2OC)cc1. The third-order valence-electron chi connectivity index (χ3n) is 4.67. The van der Waals surface area contributed by atoms with Crippen molar-refractivity contribution >= 4 is 28.1 Å². The Morgan fingerprint density at radius 3 is 2.36 bits per heavy atom. The Morgan fingerprint density at radius 1 is 0.972 bits per heavy atom. The van der Waals surface area contributed by atoms with Crippen LogP contribution in [0.4, 0.5) is 0 Å². The zero-order valence-corrected chi connectivity index (χ0v) is 20.4. The average Bonchev–Trinajstić information content (AvgIpc) is 2.89. The van der Waals surface area contributed by atoms with Crippen molar-refractivity contribution < 1.29 is 32.2 Å². The quantitative estimate of drug-likeness (QED) is 0.175. The molecular formula is C25H25N3O7S. The molecule has 11 heteroatoms. The third kappa shape index (κ3) is 7.39. The van der Waals surface area contributed by atoms with Crippen molar-refractivity contribution in [2.75, 3.05) is 20.3 Å². The van der Waals surface area contributed by atoms with Crippen molar-refractivity contribution in [1.29, 1.82) is 0 Å². The normalized spacial score (nSPS) is 11.2. The van der Waals surface area contributed by atoms with E-state index in [4.69, 9.17) is 14.2 Å². The van der Waals surface area contributed by atoms with Crippen molar-refractivity contribution in [3.8, 4) is 17.2 Å². The maximum Gasteiger partial charge on any atom is 0.343 e. The molecule has 0 aliphatic heterocycles. The average molecular weight is 512 g/mol. The van der Waals surface area contributed by atoms with E-state index >= 15 is 0 Å². The van der Waals surface area contributed by atoms with Crippen molar-refractivity contribution in [2.45, 2.75) is 11.8 Å². The second-order valence-corrected chi connectivity index (χ2v) is 8.95. The lowest BCUT2D eigenvalue weighted by Gasteiger charge is -2.10. The number of methoxy groups -OCH3 is 1. The van der Waals surface area contributed by atoms with Gasteiger partial charge >= 0.3 is 5.97 Å². The minimum absolute atomic E-state index is 0.0525. The predicted octanol–water partition coefficient (Wildman–Crippen LogP) is 2.74. The summed E-state index contributed by atoms with van der Waals surface area (Å²) in [7, 11) is -2.39. The van der Waals surface area contributed by atoms with Gasteiger partial charge in [-0.2, -0.15) is 5.10 Å². The van der Waals surface area contributed by atoms with Gasteiger partial charge in [0, 0.05) is 0 Å². The molecule has 10 nitrogen and oxygen atoms in total. The summed E-state index contributed by atoms with van der Waals surface area (Å²) >= 11 is 0. The first-order chi connectivity index (χ1) is 17.3. The summed E-state index contributed by atoms with van der Waals surface area (Å²) in [6.07, 6.45) is 1.34. The first-order valence-corrected chi connectivity index (χ1v) is 12.3. The van der Waals surface area contributed by atoms with E-state index in [1.807, 2.05) is 6.92 Å². The number of carbonyl (C=O) groups is 2. The molecule has 0 unspecified atom stereocenters. The molecule has 0 bridgehead atoms. The van der Waals surface area contributed by atoms with Crippen molar-refractivity contribution in [1.82, 2.24) is 10.1 Å². The number of benzene rings is 3. The molecule has 0 aliphatic rings. The number of carbonyl (C=O) groups excluding carboxylic acids is 2. The van der Waals surface area contributed by atoms with Gasteiger partial charge < -0.3 is 14.2 Å². The molecule has 0 aliphatic carbocycles. The van der Waals surface area contributed by atoms with Crippen LogP contribution in [0.25, 0.3) is 0 Å². The lowest BCUT2D eigenvalue weighted by atomic mass is 10.2. The Hall–Kier alpha value is -4.22. The van der Waals surface area contributed by atoms with Crippen LogP contribution in [-0.4, -0.2) is 46.8 Å². The number of rotatable bonds is 11. The summed E-state index contributed by atoms with van der Waals surface area (Å²) < 4.78 is 42.6. The molecule has 3 aromatic carbocycles. The Bertz CT molecular complexity index is 1330. The fraction of sp³-hybridized carbons (Fsp3) is 0.160. The number of ether oxygens (including phenoxy) is 3. The second kappa shape index (κ2) is 12.5. The van der Waals surface area contributed by atoms with Gasteiger partial charge in [-0.1, -0.05) is 18.2 Å². The minimum atomic E-state index is -3.81. The highest BCUT2D eigenvalue weighted by Crippen LogP contribution is 2.28. The van der Waals surface area contributed by atoms with Crippen LogP contribution in [0, 0.1) is 0 Å². The van der Waals surface area contributed by atoms with Crippen molar-refractivity contribution in [3.05, 3.63) is 83.9 Å². The second-order valence-electron chi connectivity index (χ2n) is 7.19. The molecule has 1 amide bonds. The van der Waals surface area contributed by atoms with Gasteiger partial charge in [0.25, 0.3) is 5.91 Å². The van der Waals surface area contributed by atoms with Gasteiger partial charge in [0.05, 0.1) is 36.9 Å². The molecule has 0 saturated heterocycles. The number of hydrogen-bond donors (Lipinski definition) is 2. The zero-order chi connectivity index (χ0) is 26.0. The standard InChI is InChI=1S/C25H25N3O7S/c1-3-34-20-12-10-19(11-13-20)25(30)35-22-14-9-18(15-23(22)33-2)16-26-28-24(29)17-27-36(31,32)21-7-5-4-6-8-21/h4-16,27H,3,17H2,1-2H3,(H,28,29). The van der Waals surface area contributed by atoms with Gasteiger partial charge in [0.2, 0.25) is 10.0 Å². The number of hydrazone groups is 1. The molecule has 36 heavy (non-hydrogen) atoms. The monoisotopic (exact) mass is 511 g/mol. The maximum atomic E-state index is 12.5. The number of amides is 1. The molecule has 3 aromatic rings. The molecule has 0 heterocycles. The highest BCUT2D eigenvalue weighted by Gasteiger charge is 2.15. The van der Waals surface area contributed by atoms with Gasteiger partial charge in [-0.3, -0.25) is 4.79 Å². The number of sulfonamides is 1. The van der Waals surface area contributed by atoms with Crippen LogP contribution in [0.15, 0.2) is 82.8 Å². The molecule has 0 spiro atoms. The van der Waals surface area contributed by atoms with Crippen LogP contribution in [-0.2, 0) is 14.8 Å². The number of hydrogen-bond acceptors (Lipinski definition) is 8. The van der Waals surface area contributed by atoms with Crippen LogP contribution in [0.2, 0.25) is 0 Å². The molecule has 0 saturated carbocycles. The summed E-state index contributed by atoms with van der Waals surface area (Å²) in [5, 5.41) is 3.82. The predicted molar refractivity (Wildman–Crippen MR) is 133 cm³/mol. The summed E-state index contributed by atoms with van der Waals surface area (Å²) in [6.45, 7) is 1.90. The van der Waals surface area contributed by atoms with E-state index in [0.717, 1.165) is 0 Å². The van der Waals surface area contributed by atoms with E-state index in [1.165, 1.54) is 31.5 Å². The smallest absolute Gasteiger partial charge is 0.343 e. The van der Waals surface area contributed by atoms with Gasteiger partial charge in [0.15, 0.2) is 11.5 Å². The van der Waals surface area contributed by atoms with E-state index in [-0.39, 0.29) is 16.4 Å². The van der Waals surface area contributed by atoms with Crippen LogP contribution >= 0.6 is 0 Å². The number of nitrogens with zero attached hydrogens (tertiary/aromatic N) is 1. The van der Waals surface area contributed by atoms with Crippen LogP contribution in [0.5, 0.6) is 17.2 Å². The summed E-state index contributed by atoms with van der Waals surface area (Å²) in [6, 6.07) is 19.0. The van der Waals surface area contributed by atoms with Gasteiger partial charge in [-0.15, -0.1) is 0 Å². The van der Waals surface area contributed by atoms with E-state index in [9.17, 15) is 18.0 Å². The molecule has 3 rings (SSSR count). The lowest BCUT2D eigenvalue weighted by Crippen LogP contribution is -2.34. The molecule has 0 fully saturated rings. The Labute approximate surface area is 208 Å². The fourth-order valence-electron chi connectivity index (χ4n) is 2.92. The van der Waals surface area contributed by atoms with Gasteiger partial charge in [-0.05, 0) is 67.1 Å². The first kappa shape index (κ1) is 26.4. The van der Waals surface area contributed by atoms with E-state index < -0.39 is 28.4 Å². The van der Waals surface area contributed by atoms with Crippen LogP contribution < -0.4 is 24.4 Å². The van der Waals surface area contributed by atoms with E-state index in [2.05, 4.69) is 15.2 Å². The largest absolute Gasteiger partial charge is 0.494 e. The van der Waals surface area contributed by atoms with Crippen molar-refractivity contribution in [2.24, 2.45) is 5.10 Å². The lowest BCUT2D eigenvalue weighted by molar-refractivity contribution is -0.119. The molecule has 0 atom stereocenters. The van der Waals surface area contributed by atoms with E-state index in [1.54, 1.807) is 54.6 Å². The summed E-state index contributed by atoms with van der Waals surface area (Å²) in [4.78, 5) is 24.5. The Balaban J connectivity index is 1.56. The minimum Gasteiger partial charge on any atom is -0.494 e. The molecule has 188 valence electrons. The summed E-state index contributed by atoms with van der Waals surface area (Å²) in [5.74, 6) is -0.0920. The number of esters is 1.